The average Bonchev–Trinajstić information content (AvgIpc) is 2.68. The number of nitrogens with zero attached hydrogens (tertiary/aromatic N) is 1. The predicted molar refractivity (Wildman–Crippen MR) is 119 cm³/mol. The molecular formula is C24H34N2O. The van der Waals surface area contributed by atoms with Crippen LogP contribution in [0.15, 0.2) is 54.1 Å². The standard InChI is InChI=1S/C24H34N2O/c1-5-8-10-16-25-23-18-22(17-19(4)24(23)26-15-9-6-2)27-21-13-11-20(7-3)12-14-21/h5-6,8-10,15,17-18,20-21,25H,1,7,11-14,16H2,2-4H3/b9-6-,10-8-,26-15-. The van der Waals surface area contributed by atoms with Crippen molar-refractivity contribution in [3.8, 4) is 5.75 Å². The van der Waals surface area contributed by atoms with Gasteiger partial charge < -0.3 is 10.1 Å². The Hall–Kier alpha value is -2.29. The first kappa shape index (κ1) is 21.0. The molecule has 0 heterocycles. The van der Waals surface area contributed by atoms with Gasteiger partial charge in [0.2, 0.25) is 0 Å². The third kappa shape index (κ3) is 6.74. The fraction of sp³-hybridized carbons (Fsp3) is 0.458. The van der Waals surface area contributed by atoms with Crippen LogP contribution in [-0.4, -0.2) is 18.9 Å². The maximum absolute atomic E-state index is 6.34. The molecule has 0 saturated heterocycles. The van der Waals surface area contributed by atoms with Crippen molar-refractivity contribution in [1.82, 2.24) is 0 Å². The molecule has 2 rings (SSSR count). The Morgan fingerprint density at radius 1 is 1.22 bits per heavy atom. The van der Waals surface area contributed by atoms with Gasteiger partial charge in [-0.25, -0.2) is 0 Å². The molecule has 0 radical (unpaired) electrons. The lowest BCUT2D eigenvalue weighted by Crippen LogP contribution is -2.24. The van der Waals surface area contributed by atoms with E-state index in [1.54, 1.807) is 6.08 Å². The molecule has 1 fully saturated rings. The number of hydrogen-bond acceptors (Lipinski definition) is 3. The van der Waals surface area contributed by atoms with Gasteiger partial charge in [-0.3, -0.25) is 4.99 Å². The monoisotopic (exact) mass is 366 g/mol. The molecule has 3 nitrogen and oxygen atoms in total. The molecule has 0 amide bonds. The van der Waals surface area contributed by atoms with E-state index in [1.807, 2.05) is 37.4 Å². The number of aliphatic imine (C=N–C) groups is 1. The van der Waals surface area contributed by atoms with E-state index in [4.69, 9.17) is 4.74 Å². The number of rotatable bonds is 9. The normalized spacial score (nSPS) is 20.6. The van der Waals surface area contributed by atoms with Gasteiger partial charge in [-0.15, -0.1) is 0 Å². The smallest absolute Gasteiger partial charge is 0.122 e. The molecule has 1 aliphatic rings. The Balaban J connectivity index is 2.16. The first-order valence-corrected chi connectivity index (χ1v) is 10.2. The molecule has 0 atom stereocenters. The molecule has 0 aliphatic heterocycles. The van der Waals surface area contributed by atoms with Crippen LogP contribution >= 0.6 is 0 Å². The average molecular weight is 367 g/mol. The van der Waals surface area contributed by atoms with Crippen molar-refractivity contribution < 1.29 is 4.74 Å². The van der Waals surface area contributed by atoms with E-state index >= 15 is 0 Å². The number of allylic oxidation sites excluding steroid dienone is 4. The van der Waals surface area contributed by atoms with Crippen LogP contribution in [-0.2, 0) is 0 Å². The lowest BCUT2D eigenvalue weighted by Gasteiger charge is -2.28. The molecule has 1 aliphatic carbocycles. The molecule has 0 bridgehead atoms. The number of aryl methyl sites for hydroxylation is 1. The van der Waals surface area contributed by atoms with E-state index in [0.717, 1.165) is 48.0 Å². The highest BCUT2D eigenvalue weighted by Crippen LogP contribution is 2.36. The Morgan fingerprint density at radius 3 is 2.67 bits per heavy atom. The van der Waals surface area contributed by atoms with Gasteiger partial charge in [-0.2, -0.15) is 0 Å². The summed E-state index contributed by atoms with van der Waals surface area (Å²) in [6, 6.07) is 4.20. The largest absolute Gasteiger partial charge is 0.490 e. The van der Waals surface area contributed by atoms with Gasteiger partial charge in [0.25, 0.3) is 0 Å². The van der Waals surface area contributed by atoms with Crippen molar-refractivity contribution in [3.63, 3.8) is 0 Å². The van der Waals surface area contributed by atoms with E-state index < -0.39 is 0 Å². The van der Waals surface area contributed by atoms with Gasteiger partial charge >= 0.3 is 0 Å². The molecule has 3 heteroatoms. The van der Waals surface area contributed by atoms with Gasteiger partial charge in [0.05, 0.1) is 17.5 Å². The number of nitrogens with one attached hydrogen (secondary N) is 1. The molecule has 0 aromatic heterocycles. The minimum absolute atomic E-state index is 0.332. The maximum Gasteiger partial charge on any atom is 0.122 e. The molecule has 1 N–H and O–H groups in total. The highest BCUT2D eigenvalue weighted by atomic mass is 16.5. The molecule has 1 aromatic carbocycles. The van der Waals surface area contributed by atoms with E-state index in [9.17, 15) is 0 Å². The maximum atomic E-state index is 6.34. The summed E-state index contributed by atoms with van der Waals surface area (Å²) in [4.78, 5) is 4.63. The zero-order valence-electron chi connectivity index (χ0n) is 17.1. The second kappa shape index (κ2) is 11.4. The van der Waals surface area contributed by atoms with Crippen molar-refractivity contribution in [1.29, 1.82) is 0 Å². The molecule has 0 unspecified atom stereocenters. The van der Waals surface area contributed by atoms with Crippen molar-refractivity contribution in [3.05, 3.63) is 54.7 Å². The van der Waals surface area contributed by atoms with Crippen LogP contribution < -0.4 is 10.1 Å². The Labute approximate surface area is 164 Å². The minimum atomic E-state index is 0.332. The summed E-state index contributed by atoms with van der Waals surface area (Å²) in [6.45, 7) is 10.8. The van der Waals surface area contributed by atoms with Crippen LogP contribution in [0.4, 0.5) is 11.4 Å². The van der Waals surface area contributed by atoms with E-state index in [1.165, 1.54) is 19.3 Å². The Kier molecular flexibility index (Phi) is 8.90. The van der Waals surface area contributed by atoms with Crippen molar-refractivity contribution in [2.75, 3.05) is 11.9 Å². The first-order chi connectivity index (χ1) is 13.2. The summed E-state index contributed by atoms with van der Waals surface area (Å²) in [5.41, 5.74) is 3.08. The zero-order chi connectivity index (χ0) is 19.5. The van der Waals surface area contributed by atoms with Gasteiger partial charge in [-0.05, 0) is 63.2 Å². The van der Waals surface area contributed by atoms with Crippen LogP contribution in [0.25, 0.3) is 0 Å². The van der Waals surface area contributed by atoms with Crippen LogP contribution in [0.2, 0.25) is 0 Å². The molecule has 1 aromatic rings. The summed E-state index contributed by atoms with van der Waals surface area (Å²) in [5, 5.41) is 3.46. The number of hydrogen-bond donors (Lipinski definition) is 1. The number of anilines is 1. The fourth-order valence-electron chi connectivity index (χ4n) is 3.51. The van der Waals surface area contributed by atoms with E-state index in [0.29, 0.717) is 6.10 Å². The highest BCUT2D eigenvalue weighted by Gasteiger charge is 2.21. The molecule has 146 valence electrons. The van der Waals surface area contributed by atoms with Gasteiger partial charge in [0.15, 0.2) is 0 Å². The molecule has 27 heavy (non-hydrogen) atoms. The van der Waals surface area contributed by atoms with Crippen LogP contribution in [0.1, 0.15) is 51.5 Å². The lowest BCUT2D eigenvalue weighted by atomic mass is 9.86. The molecular weight excluding hydrogens is 332 g/mol. The van der Waals surface area contributed by atoms with Crippen LogP contribution in [0.3, 0.4) is 0 Å². The summed E-state index contributed by atoms with van der Waals surface area (Å²) in [5.74, 6) is 1.82. The van der Waals surface area contributed by atoms with Crippen molar-refractivity contribution in [2.24, 2.45) is 10.9 Å². The summed E-state index contributed by atoms with van der Waals surface area (Å²) >= 11 is 0. The third-order valence-electron chi connectivity index (χ3n) is 5.11. The van der Waals surface area contributed by atoms with Gasteiger partial charge in [-0.1, -0.05) is 44.2 Å². The third-order valence-corrected chi connectivity index (χ3v) is 5.11. The van der Waals surface area contributed by atoms with Gasteiger partial charge in [0, 0.05) is 18.8 Å². The van der Waals surface area contributed by atoms with E-state index in [-0.39, 0.29) is 0 Å². The molecule has 0 spiro atoms. The SMILES string of the molecule is C=C/C=C\CNc1cc(OC2CCC(CC)CC2)cc(C)c1/N=C\C=C/C. The first-order valence-electron chi connectivity index (χ1n) is 10.2. The van der Waals surface area contributed by atoms with Crippen LogP contribution in [0.5, 0.6) is 5.75 Å². The quantitative estimate of drug-likeness (QED) is 0.386. The van der Waals surface area contributed by atoms with Crippen molar-refractivity contribution in [2.45, 2.75) is 59.0 Å². The Morgan fingerprint density at radius 2 is 2.00 bits per heavy atom. The second-order valence-corrected chi connectivity index (χ2v) is 7.15. The summed E-state index contributed by atoms with van der Waals surface area (Å²) in [7, 11) is 0. The summed E-state index contributed by atoms with van der Waals surface area (Å²) < 4.78 is 6.34. The Bertz CT molecular complexity index is 680. The fourth-order valence-corrected chi connectivity index (χ4v) is 3.51. The predicted octanol–water partition coefficient (Wildman–Crippen LogP) is 6.78. The zero-order valence-corrected chi connectivity index (χ0v) is 17.1. The number of ether oxygens (including phenoxy) is 1. The topological polar surface area (TPSA) is 33.6 Å². The van der Waals surface area contributed by atoms with Crippen molar-refractivity contribution >= 4 is 17.6 Å². The number of benzene rings is 1. The summed E-state index contributed by atoms with van der Waals surface area (Å²) in [6.07, 6.45) is 18.0. The van der Waals surface area contributed by atoms with Gasteiger partial charge in [0.1, 0.15) is 5.75 Å². The minimum Gasteiger partial charge on any atom is -0.490 e. The lowest BCUT2D eigenvalue weighted by molar-refractivity contribution is 0.130. The highest BCUT2D eigenvalue weighted by molar-refractivity contribution is 5.80. The molecule has 1 saturated carbocycles. The van der Waals surface area contributed by atoms with E-state index in [2.05, 4.69) is 42.9 Å². The second-order valence-electron chi connectivity index (χ2n) is 7.15. The van der Waals surface area contributed by atoms with Crippen LogP contribution in [0, 0.1) is 12.8 Å².